The van der Waals surface area contributed by atoms with Gasteiger partial charge in [-0.25, -0.2) is 4.72 Å². The summed E-state index contributed by atoms with van der Waals surface area (Å²) in [5.41, 5.74) is 0.974. The highest BCUT2D eigenvalue weighted by Crippen LogP contribution is 2.05. The van der Waals surface area contributed by atoms with Crippen LogP contribution in [0.4, 0.5) is 0 Å². The molecule has 0 heterocycles. The molecule has 0 fully saturated rings. The summed E-state index contributed by atoms with van der Waals surface area (Å²) in [5, 5.41) is 0. The minimum absolute atomic E-state index is 0.385. The molecule has 0 amide bonds. The van der Waals surface area contributed by atoms with E-state index < -0.39 is 10.2 Å². The molecule has 0 aliphatic carbocycles. The smallest absolute Gasteiger partial charge is 0.202 e. The highest BCUT2D eigenvalue weighted by Gasteiger charge is 2.15. The SMILES string of the molecule is CCNS(=O)(=O)N(C)Cc1ccccc1. The second-order valence-corrected chi connectivity index (χ2v) is 5.11. The van der Waals surface area contributed by atoms with E-state index in [1.165, 1.54) is 4.31 Å². The van der Waals surface area contributed by atoms with Gasteiger partial charge in [-0.1, -0.05) is 37.3 Å². The van der Waals surface area contributed by atoms with Gasteiger partial charge in [-0.05, 0) is 5.56 Å². The monoisotopic (exact) mass is 228 g/mol. The van der Waals surface area contributed by atoms with Crippen LogP contribution in [0.25, 0.3) is 0 Å². The minimum atomic E-state index is -3.33. The highest BCUT2D eigenvalue weighted by molar-refractivity contribution is 7.87. The van der Waals surface area contributed by atoms with Crippen LogP contribution in [0, 0.1) is 0 Å². The van der Waals surface area contributed by atoms with Gasteiger partial charge in [0.25, 0.3) is 10.2 Å². The summed E-state index contributed by atoms with van der Waals surface area (Å²) in [4.78, 5) is 0. The molecule has 1 aromatic rings. The van der Waals surface area contributed by atoms with Crippen LogP contribution in [0.15, 0.2) is 30.3 Å². The van der Waals surface area contributed by atoms with Gasteiger partial charge in [0.15, 0.2) is 0 Å². The molecule has 5 heteroatoms. The van der Waals surface area contributed by atoms with Crippen LogP contribution in [0.5, 0.6) is 0 Å². The molecule has 0 atom stereocenters. The van der Waals surface area contributed by atoms with E-state index in [0.29, 0.717) is 13.1 Å². The number of benzene rings is 1. The first-order chi connectivity index (χ1) is 7.06. The number of rotatable bonds is 5. The van der Waals surface area contributed by atoms with Crippen molar-refractivity contribution in [2.24, 2.45) is 0 Å². The number of hydrogen-bond acceptors (Lipinski definition) is 2. The van der Waals surface area contributed by atoms with Gasteiger partial charge in [-0.3, -0.25) is 0 Å². The maximum atomic E-state index is 11.5. The van der Waals surface area contributed by atoms with E-state index >= 15 is 0 Å². The van der Waals surface area contributed by atoms with Gasteiger partial charge >= 0.3 is 0 Å². The van der Waals surface area contributed by atoms with E-state index in [1.54, 1.807) is 14.0 Å². The Hall–Kier alpha value is -0.910. The molecule has 1 rings (SSSR count). The van der Waals surface area contributed by atoms with Crippen LogP contribution in [0.3, 0.4) is 0 Å². The summed E-state index contributed by atoms with van der Waals surface area (Å²) in [7, 11) is -1.76. The average molecular weight is 228 g/mol. The van der Waals surface area contributed by atoms with Gasteiger partial charge in [0.2, 0.25) is 0 Å². The van der Waals surface area contributed by atoms with E-state index in [-0.39, 0.29) is 0 Å². The van der Waals surface area contributed by atoms with E-state index in [0.717, 1.165) is 5.56 Å². The lowest BCUT2D eigenvalue weighted by Gasteiger charge is -2.16. The second kappa shape index (κ2) is 5.25. The Kier molecular flexibility index (Phi) is 4.26. The summed E-state index contributed by atoms with van der Waals surface area (Å²) in [6, 6.07) is 9.49. The lowest BCUT2D eigenvalue weighted by Crippen LogP contribution is -2.37. The van der Waals surface area contributed by atoms with E-state index in [2.05, 4.69) is 4.72 Å². The Bertz CT molecular complexity index is 389. The van der Waals surface area contributed by atoms with Crippen LogP contribution in [0.2, 0.25) is 0 Å². The van der Waals surface area contributed by atoms with Crippen molar-refractivity contribution in [3.8, 4) is 0 Å². The zero-order chi connectivity index (χ0) is 11.3. The van der Waals surface area contributed by atoms with Gasteiger partial charge < -0.3 is 0 Å². The molecule has 15 heavy (non-hydrogen) atoms. The highest BCUT2D eigenvalue weighted by atomic mass is 32.2. The molecule has 84 valence electrons. The molecule has 0 aromatic heterocycles. The molecule has 0 spiro atoms. The Morgan fingerprint density at radius 1 is 1.27 bits per heavy atom. The first-order valence-corrected chi connectivity index (χ1v) is 6.25. The summed E-state index contributed by atoms with van der Waals surface area (Å²) in [5.74, 6) is 0. The molecule has 0 saturated carbocycles. The molecule has 0 bridgehead atoms. The van der Waals surface area contributed by atoms with E-state index in [1.807, 2.05) is 30.3 Å². The van der Waals surface area contributed by atoms with Crippen LogP contribution >= 0.6 is 0 Å². The van der Waals surface area contributed by atoms with Crippen LogP contribution in [-0.2, 0) is 16.8 Å². The maximum absolute atomic E-state index is 11.5. The quantitative estimate of drug-likeness (QED) is 0.816. The largest absolute Gasteiger partial charge is 0.279 e. The fraction of sp³-hybridized carbons (Fsp3) is 0.400. The van der Waals surface area contributed by atoms with Gasteiger partial charge in [0.05, 0.1) is 0 Å². The minimum Gasteiger partial charge on any atom is -0.202 e. The first kappa shape index (κ1) is 12.2. The zero-order valence-corrected chi connectivity index (χ0v) is 9.79. The van der Waals surface area contributed by atoms with Crippen molar-refractivity contribution in [1.29, 1.82) is 0 Å². The predicted octanol–water partition coefficient (Wildman–Crippen LogP) is 0.973. The third kappa shape index (κ3) is 3.62. The third-order valence-corrected chi connectivity index (χ3v) is 3.59. The van der Waals surface area contributed by atoms with Crippen molar-refractivity contribution in [3.63, 3.8) is 0 Å². The summed E-state index contributed by atoms with van der Waals surface area (Å²) in [6.07, 6.45) is 0. The number of nitrogens with zero attached hydrogens (tertiary/aromatic N) is 1. The fourth-order valence-corrected chi connectivity index (χ4v) is 2.12. The van der Waals surface area contributed by atoms with E-state index in [4.69, 9.17) is 0 Å². The van der Waals surface area contributed by atoms with Gasteiger partial charge in [-0.15, -0.1) is 0 Å². The van der Waals surface area contributed by atoms with E-state index in [9.17, 15) is 8.42 Å². The van der Waals surface area contributed by atoms with Crippen LogP contribution in [0.1, 0.15) is 12.5 Å². The molecule has 4 nitrogen and oxygen atoms in total. The Labute approximate surface area is 91.1 Å². The van der Waals surface area contributed by atoms with Gasteiger partial charge in [0.1, 0.15) is 0 Å². The molecule has 0 aliphatic rings. The molecule has 0 saturated heterocycles. The summed E-state index contributed by atoms with van der Waals surface area (Å²) in [6.45, 7) is 2.55. The predicted molar refractivity (Wildman–Crippen MR) is 60.5 cm³/mol. The normalized spacial score (nSPS) is 11.9. The van der Waals surface area contributed by atoms with Crippen molar-refractivity contribution in [3.05, 3.63) is 35.9 Å². The molecule has 0 radical (unpaired) electrons. The molecular weight excluding hydrogens is 212 g/mol. The van der Waals surface area contributed by atoms with Crippen LogP contribution in [-0.4, -0.2) is 26.3 Å². The molecule has 0 aliphatic heterocycles. The van der Waals surface area contributed by atoms with Crippen molar-refractivity contribution in [2.45, 2.75) is 13.5 Å². The Morgan fingerprint density at radius 2 is 1.87 bits per heavy atom. The summed E-state index contributed by atoms with van der Waals surface area (Å²) >= 11 is 0. The maximum Gasteiger partial charge on any atom is 0.279 e. The molecule has 1 N–H and O–H groups in total. The topological polar surface area (TPSA) is 49.4 Å². The van der Waals surface area contributed by atoms with Crippen molar-refractivity contribution in [2.75, 3.05) is 13.6 Å². The van der Waals surface area contributed by atoms with Crippen molar-refractivity contribution in [1.82, 2.24) is 9.03 Å². The lowest BCUT2D eigenvalue weighted by atomic mass is 10.2. The summed E-state index contributed by atoms with van der Waals surface area (Å²) < 4.78 is 26.8. The van der Waals surface area contributed by atoms with Gasteiger partial charge in [0, 0.05) is 20.1 Å². The van der Waals surface area contributed by atoms with Crippen LogP contribution < -0.4 is 4.72 Å². The molecular formula is C10H16N2O2S. The van der Waals surface area contributed by atoms with Crippen molar-refractivity contribution >= 4 is 10.2 Å². The molecule has 1 aromatic carbocycles. The number of hydrogen-bond donors (Lipinski definition) is 1. The average Bonchev–Trinajstić information content (AvgIpc) is 2.19. The number of nitrogens with one attached hydrogen (secondary N) is 1. The zero-order valence-electron chi connectivity index (χ0n) is 8.97. The molecule has 0 unspecified atom stereocenters. The lowest BCUT2D eigenvalue weighted by molar-refractivity contribution is 0.456. The Morgan fingerprint density at radius 3 is 2.40 bits per heavy atom. The first-order valence-electron chi connectivity index (χ1n) is 4.81. The standard InChI is InChI=1S/C10H16N2O2S/c1-3-11-15(13,14)12(2)9-10-7-5-4-6-8-10/h4-8,11H,3,9H2,1-2H3. The Balaban J connectivity index is 2.68. The van der Waals surface area contributed by atoms with Gasteiger partial charge in [-0.2, -0.15) is 12.7 Å². The third-order valence-electron chi connectivity index (χ3n) is 1.99. The fourth-order valence-electron chi connectivity index (χ4n) is 1.22. The second-order valence-electron chi connectivity index (χ2n) is 3.24. The van der Waals surface area contributed by atoms with Crippen molar-refractivity contribution < 1.29 is 8.42 Å².